The third-order valence-corrected chi connectivity index (χ3v) is 4.23. The maximum absolute atomic E-state index is 11.9. The summed E-state index contributed by atoms with van der Waals surface area (Å²) in [7, 11) is 0. The molecule has 0 radical (unpaired) electrons. The van der Waals surface area contributed by atoms with Crippen LogP contribution in [0.2, 0.25) is 0 Å². The first kappa shape index (κ1) is 12.6. The van der Waals surface area contributed by atoms with Gasteiger partial charge in [0, 0.05) is 12.6 Å². The summed E-state index contributed by atoms with van der Waals surface area (Å²) in [4.78, 5) is 12.8. The third-order valence-electron chi connectivity index (χ3n) is 3.27. The molecule has 4 heteroatoms. The zero-order valence-corrected chi connectivity index (χ0v) is 11.1. The molecule has 1 atom stereocenters. The Hall–Kier alpha value is -0.870. The van der Waals surface area contributed by atoms with E-state index in [1.54, 1.807) is 0 Å². The Kier molecular flexibility index (Phi) is 4.57. The van der Waals surface area contributed by atoms with Crippen LogP contribution in [0.15, 0.2) is 11.4 Å². The molecule has 0 spiro atoms. The van der Waals surface area contributed by atoms with Crippen LogP contribution < -0.4 is 10.6 Å². The summed E-state index contributed by atoms with van der Waals surface area (Å²) < 4.78 is 0. The fourth-order valence-corrected chi connectivity index (χ4v) is 3.17. The molecule has 3 nitrogen and oxygen atoms in total. The van der Waals surface area contributed by atoms with Crippen LogP contribution in [0.1, 0.15) is 41.4 Å². The highest BCUT2D eigenvalue weighted by atomic mass is 32.1. The molecule has 1 aliphatic heterocycles. The Morgan fingerprint density at radius 2 is 2.53 bits per heavy atom. The van der Waals surface area contributed by atoms with Crippen molar-refractivity contribution in [1.29, 1.82) is 0 Å². The molecular weight excluding hydrogens is 232 g/mol. The summed E-state index contributed by atoms with van der Waals surface area (Å²) in [6.45, 7) is 3.99. The largest absolute Gasteiger partial charge is 0.351 e. The number of rotatable bonds is 5. The number of amides is 1. The third kappa shape index (κ3) is 3.30. The summed E-state index contributed by atoms with van der Waals surface area (Å²) in [6.07, 6.45) is 4.48. The average molecular weight is 252 g/mol. The van der Waals surface area contributed by atoms with Gasteiger partial charge in [-0.05, 0) is 49.2 Å². The number of hydrogen-bond donors (Lipinski definition) is 2. The van der Waals surface area contributed by atoms with Crippen molar-refractivity contribution in [2.75, 3.05) is 13.1 Å². The van der Waals surface area contributed by atoms with Crippen molar-refractivity contribution in [1.82, 2.24) is 10.6 Å². The van der Waals surface area contributed by atoms with Gasteiger partial charge in [-0.1, -0.05) is 6.92 Å². The molecule has 1 saturated heterocycles. The van der Waals surface area contributed by atoms with Gasteiger partial charge < -0.3 is 10.6 Å². The van der Waals surface area contributed by atoms with Gasteiger partial charge in [-0.25, -0.2) is 0 Å². The Morgan fingerprint density at radius 3 is 3.24 bits per heavy atom. The molecule has 1 aromatic rings. The number of carbonyl (C=O) groups is 1. The van der Waals surface area contributed by atoms with Crippen LogP contribution in [0.5, 0.6) is 0 Å². The number of thiophene rings is 1. The smallest absolute Gasteiger partial charge is 0.261 e. The normalized spacial score (nSPS) is 19.5. The Labute approximate surface area is 107 Å². The fourth-order valence-electron chi connectivity index (χ4n) is 2.26. The van der Waals surface area contributed by atoms with Crippen molar-refractivity contribution in [3.63, 3.8) is 0 Å². The zero-order chi connectivity index (χ0) is 12.1. The second-order valence-electron chi connectivity index (χ2n) is 4.47. The van der Waals surface area contributed by atoms with Gasteiger partial charge in [0.2, 0.25) is 0 Å². The minimum Gasteiger partial charge on any atom is -0.351 e. The highest BCUT2D eigenvalue weighted by Crippen LogP contribution is 2.17. The molecule has 94 valence electrons. The van der Waals surface area contributed by atoms with Crippen LogP contribution in [-0.4, -0.2) is 25.0 Å². The molecule has 0 bridgehead atoms. The van der Waals surface area contributed by atoms with E-state index in [2.05, 4.69) is 17.6 Å². The second kappa shape index (κ2) is 6.17. The zero-order valence-electron chi connectivity index (χ0n) is 10.3. The number of hydrogen-bond acceptors (Lipinski definition) is 3. The van der Waals surface area contributed by atoms with Gasteiger partial charge in [-0.2, -0.15) is 0 Å². The molecule has 2 heterocycles. The highest BCUT2D eigenvalue weighted by molar-refractivity contribution is 7.12. The standard InChI is InChI=1S/C13H20N2OS/c1-2-10-6-9-17-12(10)13(16)15-8-5-11-4-3-7-14-11/h6,9,11,14H,2-5,7-8H2,1H3,(H,15,16). The summed E-state index contributed by atoms with van der Waals surface area (Å²) in [5.41, 5.74) is 1.16. The van der Waals surface area contributed by atoms with E-state index in [9.17, 15) is 4.79 Å². The number of nitrogens with one attached hydrogen (secondary N) is 2. The molecule has 0 aromatic carbocycles. The predicted octanol–water partition coefficient (Wildman–Crippen LogP) is 2.18. The predicted molar refractivity (Wildman–Crippen MR) is 71.7 cm³/mol. The van der Waals surface area contributed by atoms with Crippen molar-refractivity contribution in [3.05, 3.63) is 21.9 Å². The van der Waals surface area contributed by atoms with E-state index in [0.717, 1.165) is 36.4 Å². The highest BCUT2D eigenvalue weighted by Gasteiger charge is 2.15. The van der Waals surface area contributed by atoms with Crippen LogP contribution in [-0.2, 0) is 6.42 Å². The molecular formula is C13H20N2OS. The van der Waals surface area contributed by atoms with Crippen molar-refractivity contribution in [2.45, 2.75) is 38.6 Å². The van der Waals surface area contributed by atoms with E-state index in [1.807, 2.05) is 11.4 Å². The van der Waals surface area contributed by atoms with Gasteiger partial charge in [-0.3, -0.25) is 4.79 Å². The molecule has 2 rings (SSSR count). The quantitative estimate of drug-likeness (QED) is 0.843. The summed E-state index contributed by atoms with van der Waals surface area (Å²) in [6, 6.07) is 2.64. The van der Waals surface area contributed by atoms with Crippen LogP contribution in [0.4, 0.5) is 0 Å². The van der Waals surface area contributed by atoms with E-state index >= 15 is 0 Å². The van der Waals surface area contributed by atoms with Crippen molar-refractivity contribution in [2.24, 2.45) is 0 Å². The molecule has 1 amide bonds. The molecule has 1 fully saturated rings. The maximum atomic E-state index is 11.9. The van der Waals surface area contributed by atoms with E-state index in [0.29, 0.717) is 6.04 Å². The van der Waals surface area contributed by atoms with Crippen molar-refractivity contribution >= 4 is 17.2 Å². The van der Waals surface area contributed by atoms with Crippen molar-refractivity contribution in [3.8, 4) is 0 Å². The van der Waals surface area contributed by atoms with Crippen LogP contribution in [0, 0.1) is 0 Å². The summed E-state index contributed by atoms with van der Waals surface area (Å²) >= 11 is 1.54. The van der Waals surface area contributed by atoms with E-state index in [-0.39, 0.29) is 5.91 Å². The number of aryl methyl sites for hydroxylation is 1. The molecule has 2 N–H and O–H groups in total. The second-order valence-corrected chi connectivity index (χ2v) is 5.38. The van der Waals surface area contributed by atoms with Gasteiger partial charge >= 0.3 is 0 Å². The van der Waals surface area contributed by atoms with Gasteiger partial charge in [-0.15, -0.1) is 11.3 Å². The van der Waals surface area contributed by atoms with Gasteiger partial charge in [0.05, 0.1) is 4.88 Å². The molecule has 0 saturated carbocycles. The van der Waals surface area contributed by atoms with Gasteiger partial charge in [0.25, 0.3) is 5.91 Å². The SMILES string of the molecule is CCc1ccsc1C(=O)NCCC1CCCN1. The maximum Gasteiger partial charge on any atom is 0.261 e. The minimum atomic E-state index is 0.0925. The van der Waals surface area contributed by atoms with Crippen LogP contribution >= 0.6 is 11.3 Å². The molecule has 0 aliphatic carbocycles. The molecule has 1 aliphatic rings. The first-order valence-electron chi connectivity index (χ1n) is 6.39. The lowest BCUT2D eigenvalue weighted by Gasteiger charge is -2.10. The van der Waals surface area contributed by atoms with E-state index < -0.39 is 0 Å². The number of carbonyl (C=O) groups excluding carboxylic acids is 1. The van der Waals surface area contributed by atoms with E-state index in [4.69, 9.17) is 0 Å². The summed E-state index contributed by atoms with van der Waals surface area (Å²) in [5.74, 6) is 0.0925. The van der Waals surface area contributed by atoms with Crippen LogP contribution in [0.3, 0.4) is 0 Å². The average Bonchev–Trinajstić information content (AvgIpc) is 2.99. The lowest BCUT2D eigenvalue weighted by molar-refractivity contribution is 0.0955. The lowest BCUT2D eigenvalue weighted by atomic mass is 10.1. The summed E-state index contributed by atoms with van der Waals surface area (Å²) in [5, 5.41) is 8.45. The minimum absolute atomic E-state index is 0.0925. The molecule has 17 heavy (non-hydrogen) atoms. The van der Waals surface area contributed by atoms with Gasteiger partial charge in [0.15, 0.2) is 0 Å². The monoisotopic (exact) mass is 252 g/mol. The van der Waals surface area contributed by atoms with E-state index in [1.165, 1.54) is 24.2 Å². The first-order chi connectivity index (χ1) is 8.31. The van der Waals surface area contributed by atoms with Gasteiger partial charge in [0.1, 0.15) is 0 Å². The molecule has 1 aromatic heterocycles. The topological polar surface area (TPSA) is 41.1 Å². The van der Waals surface area contributed by atoms with Crippen LogP contribution in [0.25, 0.3) is 0 Å². The van der Waals surface area contributed by atoms with Crippen molar-refractivity contribution < 1.29 is 4.79 Å². The lowest BCUT2D eigenvalue weighted by Crippen LogP contribution is -2.30. The molecule has 1 unspecified atom stereocenters. The Bertz CT molecular complexity index is 369. The Balaban J connectivity index is 1.77. The Morgan fingerprint density at radius 1 is 1.65 bits per heavy atom. The first-order valence-corrected chi connectivity index (χ1v) is 7.27. The fraction of sp³-hybridized carbons (Fsp3) is 0.615.